The summed E-state index contributed by atoms with van der Waals surface area (Å²) in [7, 11) is 0. The monoisotopic (exact) mass is 122 g/mol. The van der Waals surface area contributed by atoms with Crippen LogP contribution in [-0.2, 0) is 0 Å². The van der Waals surface area contributed by atoms with Crippen molar-refractivity contribution < 1.29 is 0 Å². The predicted octanol–water partition coefficient (Wildman–Crippen LogP) is 1.70. The lowest BCUT2D eigenvalue weighted by Gasteiger charge is -2.00. The first kappa shape index (κ1) is 7.98. The van der Waals surface area contributed by atoms with Gasteiger partial charge in [-0.25, -0.2) is 0 Å². The van der Waals surface area contributed by atoms with Crippen LogP contribution in [0.25, 0.3) is 0 Å². The molecule has 0 heterocycles. The van der Waals surface area contributed by atoms with Crippen LogP contribution in [0.3, 0.4) is 0 Å². The average Bonchev–Trinajstić information content (AvgIpc) is 1.87. The molecule has 0 aromatic rings. The van der Waals surface area contributed by atoms with Crippen LogP contribution in [-0.4, -0.2) is 0 Å². The molecule has 0 saturated carbocycles. The first-order chi connectivity index (χ1) is 4.20. The summed E-state index contributed by atoms with van der Waals surface area (Å²) < 4.78 is 0. The Morgan fingerprint density at radius 2 is 1.44 bits per heavy atom. The highest BCUT2D eigenvalue weighted by Crippen LogP contribution is 2.08. The summed E-state index contributed by atoms with van der Waals surface area (Å²) in [4.78, 5) is 0. The Morgan fingerprint density at radius 1 is 1.11 bits per heavy atom. The number of rotatable bonds is 2. The number of hydrogen-bond donors (Lipinski definition) is 0. The zero-order chi connectivity index (χ0) is 7.28. The van der Waals surface area contributed by atoms with Crippen LogP contribution in [0.2, 0.25) is 0 Å². The van der Waals surface area contributed by atoms with Crippen molar-refractivity contribution in [3.63, 3.8) is 0 Å². The van der Waals surface area contributed by atoms with Gasteiger partial charge in [-0.2, -0.15) is 10.5 Å². The zero-order valence-electron chi connectivity index (χ0n) is 5.76. The minimum Gasteiger partial charge on any atom is -0.198 e. The normalized spacial score (nSPS) is 15.1. The van der Waals surface area contributed by atoms with Crippen molar-refractivity contribution in [3.05, 3.63) is 0 Å². The van der Waals surface area contributed by atoms with E-state index < -0.39 is 0 Å². The van der Waals surface area contributed by atoms with Gasteiger partial charge in [0.25, 0.3) is 0 Å². The van der Waals surface area contributed by atoms with Gasteiger partial charge in [0, 0.05) is 11.8 Å². The van der Waals surface area contributed by atoms with E-state index in [-0.39, 0.29) is 11.8 Å². The Morgan fingerprint density at radius 3 is 1.67 bits per heavy atom. The van der Waals surface area contributed by atoms with E-state index in [1.807, 2.05) is 13.8 Å². The molecule has 0 amide bonds. The summed E-state index contributed by atoms with van der Waals surface area (Å²) in [5.41, 5.74) is 0. The molecule has 0 aliphatic rings. The molecule has 2 heteroatoms. The molecule has 2 atom stereocenters. The number of nitrogens with zero attached hydrogens (tertiary/aromatic N) is 2. The fourth-order valence-corrected chi connectivity index (χ4v) is 0.636. The molecule has 9 heavy (non-hydrogen) atoms. The van der Waals surface area contributed by atoms with Crippen LogP contribution >= 0.6 is 0 Å². The van der Waals surface area contributed by atoms with Gasteiger partial charge in [-0.15, -0.1) is 0 Å². The second-order valence-corrected chi connectivity index (χ2v) is 2.30. The highest BCUT2D eigenvalue weighted by Gasteiger charge is 2.04. The van der Waals surface area contributed by atoms with Crippen molar-refractivity contribution >= 4 is 0 Å². The Balaban J connectivity index is 3.53. The lowest BCUT2D eigenvalue weighted by molar-refractivity contribution is 0.561. The van der Waals surface area contributed by atoms with Crippen LogP contribution in [0.4, 0.5) is 0 Å². The van der Waals surface area contributed by atoms with Crippen molar-refractivity contribution in [1.82, 2.24) is 0 Å². The Hall–Kier alpha value is -1.02. The summed E-state index contributed by atoms with van der Waals surface area (Å²) >= 11 is 0. The summed E-state index contributed by atoms with van der Waals surface area (Å²) in [6, 6.07) is 4.16. The highest BCUT2D eigenvalue weighted by molar-refractivity contribution is 4.86. The van der Waals surface area contributed by atoms with E-state index >= 15 is 0 Å². The van der Waals surface area contributed by atoms with Gasteiger partial charge in [-0.1, -0.05) is 0 Å². The molecular formula is C7H10N2. The maximum Gasteiger partial charge on any atom is 0.0653 e. The third-order valence-corrected chi connectivity index (χ3v) is 1.15. The molecule has 0 spiro atoms. The molecule has 0 aliphatic heterocycles. The molecular weight excluding hydrogens is 112 g/mol. The molecule has 0 fully saturated rings. The third-order valence-electron chi connectivity index (χ3n) is 1.15. The summed E-state index contributed by atoms with van der Waals surface area (Å²) in [5, 5.41) is 16.6. The van der Waals surface area contributed by atoms with E-state index in [0.717, 1.165) is 0 Å². The third kappa shape index (κ3) is 3.55. The smallest absolute Gasteiger partial charge is 0.0653 e. The van der Waals surface area contributed by atoms with Gasteiger partial charge in [0.1, 0.15) is 0 Å². The molecule has 0 bridgehead atoms. The van der Waals surface area contributed by atoms with Crippen molar-refractivity contribution in [2.24, 2.45) is 11.8 Å². The van der Waals surface area contributed by atoms with Crippen molar-refractivity contribution in [2.75, 3.05) is 0 Å². The van der Waals surface area contributed by atoms with Gasteiger partial charge in [-0.05, 0) is 20.3 Å². The predicted molar refractivity (Wildman–Crippen MR) is 34.2 cm³/mol. The van der Waals surface area contributed by atoms with E-state index in [1.54, 1.807) is 0 Å². The topological polar surface area (TPSA) is 47.6 Å². The molecule has 0 radical (unpaired) electrons. The molecule has 0 N–H and O–H groups in total. The summed E-state index contributed by atoms with van der Waals surface area (Å²) in [6.45, 7) is 3.65. The first-order valence-corrected chi connectivity index (χ1v) is 3.00. The first-order valence-electron chi connectivity index (χ1n) is 3.00. The molecule has 48 valence electrons. The molecule has 0 aromatic carbocycles. The van der Waals surface area contributed by atoms with Crippen LogP contribution in [0.5, 0.6) is 0 Å². The summed E-state index contributed by atoms with van der Waals surface area (Å²) in [5.74, 6) is 0.0271. The minimum atomic E-state index is 0.0136. The van der Waals surface area contributed by atoms with E-state index in [0.29, 0.717) is 6.42 Å². The molecule has 0 aromatic heterocycles. The van der Waals surface area contributed by atoms with Gasteiger partial charge in [0.05, 0.1) is 12.1 Å². The van der Waals surface area contributed by atoms with Gasteiger partial charge in [-0.3, -0.25) is 0 Å². The standard InChI is InChI=1S/C7H10N2/c1-6(4-8)3-7(2)5-9/h6-7H,3H2,1-2H3/t6-,7?/m0/s1. The highest BCUT2D eigenvalue weighted by atomic mass is 14.3. The molecule has 1 unspecified atom stereocenters. The average molecular weight is 122 g/mol. The van der Waals surface area contributed by atoms with Gasteiger partial charge < -0.3 is 0 Å². The SMILES string of the molecule is CC(C#N)C[C@H](C)C#N. The Bertz CT molecular complexity index is 131. The van der Waals surface area contributed by atoms with Crippen LogP contribution in [0, 0.1) is 34.5 Å². The zero-order valence-corrected chi connectivity index (χ0v) is 5.76. The van der Waals surface area contributed by atoms with Crippen molar-refractivity contribution in [2.45, 2.75) is 20.3 Å². The largest absolute Gasteiger partial charge is 0.198 e. The molecule has 2 nitrogen and oxygen atoms in total. The van der Waals surface area contributed by atoms with Crippen LogP contribution < -0.4 is 0 Å². The lowest BCUT2D eigenvalue weighted by atomic mass is 10.0. The van der Waals surface area contributed by atoms with Gasteiger partial charge in [0.2, 0.25) is 0 Å². The Labute approximate surface area is 55.7 Å². The van der Waals surface area contributed by atoms with Crippen LogP contribution in [0.1, 0.15) is 20.3 Å². The fraction of sp³-hybridized carbons (Fsp3) is 0.714. The summed E-state index contributed by atoms with van der Waals surface area (Å²) in [6.07, 6.45) is 0.688. The fourth-order valence-electron chi connectivity index (χ4n) is 0.636. The van der Waals surface area contributed by atoms with Crippen molar-refractivity contribution in [3.8, 4) is 12.1 Å². The molecule has 0 aliphatic carbocycles. The maximum absolute atomic E-state index is 8.32. The quantitative estimate of drug-likeness (QED) is 0.559. The molecule has 0 rings (SSSR count). The van der Waals surface area contributed by atoms with E-state index in [9.17, 15) is 0 Å². The number of nitriles is 2. The number of hydrogen-bond acceptors (Lipinski definition) is 2. The lowest BCUT2D eigenvalue weighted by Crippen LogP contribution is -1.97. The van der Waals surface area contributed by atoms with Gasteiger partial charge in [0.15, 0.2) is 0 Å². The van der Waals surface area contributed by atoms with E-state index in [2.05, 4.69) is 12.1 Å². The van der Waals surface area contributed by atoms with E-state index in [4.69, 9.17) is 10.5 Å². The maximum atomic E-state index is 8.32. The second kappa shape index (κ2) is 3.92. The molecule has 0 saturated heterocycles. The van der Waals surface area contributed by atoms with E-state index in [1.165, 1.54) is 0 Å². The van der Waals surface area contributed by atoms with Crippen LogP contribution in [0.15, 0.2) is 0 Å². The second-order valence-electron chi connectivity index (χ2n) is 2.30. The minimum absolute atomic E-state index is 0.0136. The van der Waals surface area contributed by atoms with Crippen molar-refractivity contribution in [1.29, 1.82) is 10.5 Å². The Kier molecular flexibility index (Phi) is 3.48. The van der Waals surface area contributed by atoms with Gasteiger partial charge >= 0.3 is 0 Å².